The first-order chi connectivity index (χ1) is 11.4. The first kappa shape index (κ1) is 19.9. The molecular formula is C19H27NO4. The van der Waals surface area contributed by atoms with Crippen molar-refractivity contribution in [2.75, 3.05) is 13.2 Å². The first-order valence-electron chi connectivity index (χ1n) is 8.19. The van der Waals surface area contributed by atoms with E-state index in [0.717, 1.165) is 18.4 Å². The van der Waals surface area contributed by atoms with Gasteiger partial charge in [-0.25, -0.2) is 4.79 Å². The van der Waals surface area contributed by atoms with Crippen molar-refractivity contribution in [3.63, 3.8) is 0 Å². The van der Waals surface area contributed by atoms with Gasteiger partial charge in [0.2, 0.25) is 0 Å². The lowest BCUT2D eigenvalue weighted by atomic mass is 10.1. The largest absolute Gasteiger partial charge is 0.490 e. The molecule has 0 bridgehead atoms. The molecular weight excluding hydrogens is 306 g/mol. The van der Waals surface area contributed by atoms with Gasteiger partial charge in [0.05, 0.1) is 18.2 Å². The molecule has 0 radical (unpaired) electrons. The van der Waals surface area contributed by atoms with Gasteiger partial charge in [-0.3, -0.25) is 0 Å². The fraction of sp³-hybridized carbons (Fsp3) is 0.526. The van der Waals surface area contributed by atoms with E-state index in [0.29, 0.717) is 5.75 Å². The lowest BCUT2D eigenvalue weighted by Crippen LogP contribution is -2.38. The van der Waals surface area contributed by atoms with E-state index in [9.17, 15) is 4.79 Å². The number of ether oxygens (including phenoxy) is 2. The molecule has 1 amide bonds. The standard InChI is InChI=1S/C19H27NO4/c1-5-8-16(20-18(22)24-19(2,3)4)12-11-15-9-6-7-10-17(15)23-14-13-21/h6-7,9-10,16,21H,5,8,13-14H2,1-4H3,(H,20,22)/t16-/m1/s1. The number of hydrogen-bond acceptors (Lipinski definition) is 4. The Morgan fingerprint density at radius 1 is 1.33 bits per heavy atom. The van der Waals surface area contributed by atoms with Crippen molar-refractivity contribution in [1.29, 1.82) is 0 Å². The molecule has 0 spiro atoms. The third-order valence-electron chi connectivity index (χ3n) is 2.89. The molecule has 1 atom stereocenters. The molecule has 132 valence electrons. The van der Waals surface area contributed by atoms with Crippen molar-refractivity contribution in [3.05, 3.63) is 29.8 Å². The van der Waals surface area contributed by atoms with E-state index in [1.807, 2.05) is 45.9 Å². The second-order valence-electron chi connectivity index (χ2n) is 6.33. The number of hydrogen-bond donors (Lipinski definition) is 2. The maximum atomic E-state index is 11.9. The van der Waals surface area contributed by atoms with Crippen LogP contribution in [0.1, 0.15) is 46.1 Å². The van der Waals surface area contributed by atoms with Gasteiger partial charge in [0.25, 0.3) is 0 Å². The average Bonchev–Trinajstić information content (AvgIpc) is 2.49. The second kappa shape index (κ2) is 9.84. The zero-order valence-corrected chi connectivity index (χ0v) is 14.9. The molecule has 1 rings (SSSR count). The summed E-state index contributed by atoms with van der Waals surface area (Å²) in [5.74, 6) is 6.73. The number of nitrogens with one attached hydrogen (secondary N) is 1. The third-order valence-corrected chi connectivity index (χ3v) is 2.89. The van der Waals surface area contributed by atoms with Crippen molar-refractivity contribution in [2.45, 2.75) is 52.2 Å². The van der Waals surface area contributed by atoms with Gasteiger partial charge < -0.3 is 19.9 Å². The Morgan fingerprint density at radius 2 is 2.04 bits per heavy atom. The predicted molar refractivity (Wildman–Crippen MR) is 94.0 cm³/mol. The van der Waals surface area contributed by atoms with E-state index in [2.05, 4.69) is 17.2 Å². The number of amides is 1. The Bertz CT molecular complexity index is 581. The Morgan fingerprint density at radius 3 is 2.67 bits per heavy atom. The van der Waals surface area contributed by atoms with Gasteiger partial charge in [-0.15, -0.1) is 0 Å². The molecule has 1 aromatic rings. The summed E-state index contributed by atoms with van der Waals surface area (Å²) in [5.41, 5.74) is 0.178. The van der Waals surface area contributed by atoms with Crippen molar-refractivity contribution in [2.24, 2.45) is 0 Å². The van der Waals surface area contributed by atoms with Gasteiger partial charge in [-0.05, 0) is 39.3 Å². The molecule has 5 nitrogen and oxygen atoms in total. The summed E-state index contributed by atoms with van der Waals surface area (Å²) in [5, 5.41) is 11.7. The molecule has 0 saturated heterocycles. The molecule has 0 fully saturated rings. The number of rotatable bonds is 6. The predicted octanol–water partition coefficient (Wildman–Crippen LogP) is 3.10. The van der Waals surface area contributed by atoms with Gasteiger partial charge >= 0.3 is 6.09 Å². The van der Waals surface area contributed by atoms with E-state index in [-0.39, 0.29) is 19.3 Å². The van der Waals surface area contributed by atoms with Crippen molar-refractivity contribution in [3.8, 4) is 17.6 Å². The lowest BCUT2D eigenvalue weighted by molar-refractivity contribution is 0.0514. The monoisotopic (exact) mass is 333 g/mol. The van der Waals surface area contributed by atoms with E-state index >= 15 is 0 Å². The highest BCUT2D eigenvalue weighted by molar-refractivity contribution is 5.68. The van der Waals surface area contributed by atoms with Crippen LogP contribution in [0.15, 0.2) is 24.3 Å². The molecule has 0 unspecified atom stereocenters. The number of aliphatic hydroxyl groups excluding tert-OH is 1. The number of benzene rings is 1. The highest BCUT2D eigenvalue weighted by atomic mass is 16.6. The summed E-state index contributed by atoms with van der Waals surface area (Å²) in [4.78, 5) is 11.9. The number of carbonyl (C=O) groups excluding carboxylic acids is 1. The lowest BCUT2D eigenvalue weighted by Gasteiger charge is -2.21. The van der Waals surface area contributed by atoms with Crippen LogP contribution in [0.4, 0.5) is 4.79 Å². The molecule has 2 N–H and O–H groups in total. The molecule has 0 saturated carbocycles. The SMILES string of the molecule is CCC[C@H](C#Cc1ccccc1OCCO)NC(=O)OC(C)(C)C. The normalized spacial score (nSPS) is 11.9. The van der Waals surface area contributed by atoms with Crippen LogP contribution >= 0.6 is 0 Å². The second-order valence-corrected chi connectivity index (χ2v) is 6.33. The van der Waals surface area contributed by atoms with Crippen molar-refractivity contribution >= 4 is 6.09 Å². The Hall–Kier alpha value is -2.19. The summed E-state index contributed by atoms with van der Waals surface area (Å²) in [7, 11) is 0. The van der Waals surface area contributed by atoms with Crippen LogP contribution in [0.2, 0.25) is 0 Å². The van der Waals surface area contributed by atoms with Crippen LogP contribution in [0, 0.1) is 11.8 Å². The molecule has 24 heavy (non-hydrogen) atoms. The molecule has 1 aromatic carbocycles. The van der Waals surface area contributed by atoms with E-state index in [4.69, 9.17) is 14.6 Å². The van der Waals surface area contributed by atoms with Crippen molar-refractivity contribution in [1.82, 2.24) is 5.32 Å². The third kappa shape index (κ3) is 7.89. The Balaban J connectivity index is 2.83. The van der Waals surface area contributed by atoms with Gasteiger partial charge in [0, 0.05) is 0 Å². The van der Waals surface area contributed by atoms with Crippen LogP contribution in [0.25, 0.3) is 0 Å². The summed E-state index contributed by atoms with van der Waals surface area (Å²) < 4.78 is 10.7. The van der Waals surface area contributed by atoms with E-state index < -0.39 is 11.7 Å². The zero-order valence-electron chi connectivity index (χ0n) is 14.9. The maximum Gasteiger partial charge on any atom is 0.408 e. The van der Waals surface area contributed by atoms with Crippen LogP contribution in [-0.4, -0.2) is 36.1 Å². The van der Waals surface area contributed by atoms with Crippen LogP contribution < -0.4 is 10.1 Å². The summed E-state index contributed by atoms with van der Waals surface area (Å²) in [6.45, 7) is 7.66. The highest BCUT2D eigenvalue weighted by Crippen LogP contribution is 2.16. The first-order valence-corrected chi connectivity index (χ1v) is 8.19. The van der Waals surface area contributed by atoms with Crippen LogP contribution in [0.3, 0.4) is 0 Å². The topological polar surface area (TPSA) is 67.8 Å². The van der Waals surface area contributed by atoms with Gasteiger partial charge in [0.1, 0.15) is 18.0 Å². The Labute approximate surface area is 144 Å². The molecule has 0 heterocycles. The number of aliphatic hydroxyl groups is 1. The van der Waals surface area contributed by atoms with Gasteiger partial charge in [-0.1, -0.05) is 37.3 Å². The minimum Gasteiger partial charge on any atom is -0.490 e. The quantitative estimate of drug-likeness (QED) is 0.785. The molecule has 0 aromatic heterocycles. The molecule has 0 aliphatic carbocycles. The molecule has 5 heteroatoms. The Kier molecular flexibility index (Phi) is 8.14. The average molecular weight is 333 g/mol. The minimum absolute atomic E-state index is 0.0551. The number of alkyl carbamates (subject to hydrolysis) is 1. The van der Waals surface area contributed by atoms with Crippen molar-refractivity contribution < 1.29 is 19.4 Å². The van der Waals surface area contributed by atoms with Crippen LogP contribution in [0.5, 0.6) is 5.75 Å². The number of carbonyl (C=O) groups is 1. The highest BCUT2D eigenvalue weighted by Gasteiger charge is 2.18. The van der Waals surface area contributed by atoms with E-state index in [1.165, 1.54) is 0 Å². The number of para-hydroxylation sites is 1. The molecule has 0 aliphatic heterocycles. The van der Waals surface area contributed by atoms with Gasteiger partial charge in [0.15, 0.2) is 0 Å². The summed E-state index contributed by atoms with van der Waals surface area (Å²) >= 11 is 0. The minimum atomic E-state index is -0.543. The summed E-state index contributed by atoms with van der Waals surface area (Å²) in [6, 6.07) is 7.06. The smallest absolute Gasteiger partial charge is 0.408 e. The van der Waals surface area contributed by atoms with Crippen LogP contribution in [-0.2, 0) is 4.74 Å². The summed E-state index contributed by atoms with van der Waals surface area (Å²) in [6.07, 6.45) is 1.14. The maximum absolute atomic E-state index is 11.9. The van der Waals surface area contributed by atoms with E-state index in [1.54, 1.807) is 6.07 Å². The molecule has 0 aliphatic rings. The van der Waals surface area contributed by atoms with Gasteiger partial charge in [-0.2, -0.15) is 0 Å². The zero-order chi connectivity index (χ0) is 18.0. The fourth-order valence-electron chi connectivity index (χ4n) is 1.94. The fourth-order valence-corrected chi connectivity index (χ4v) is 1.94.